The minimum Gasteiger partial charge on any atom is -0.299 e. The third-order valence-corrected chi connectivity index (χ3v) is 2.96. The van der Waals surface area contributed by atoms with Crippen LogP contribution in [-0.4, -0.2) is 20.5 Å². The summed E-state index contributed by atoms with van der Waals surface area (Å²) in [5.41, 5.74) is 1.32. The second kappa shape index (κ2) is 5.25. The van der Waals surface area contributed by atoms with Crippen molar-refractivity contribution >= 4 is 5.78 Å². The Morgan fingerprint density at radius 3 is 2.88 bits per heavy atom. The van der Waals surface area contributed by atoms with E-state index in [0.29, 0.717) is 24.5 Å². The molecular weight excluding hydrogens is 214 g/mol. The molecule has 92 valence electrons. The number of nitrogens with zero attached hydrogens (tertiary/aromatic N) is 3. The summed E-state index contributed by atoms with van der Waals surface area (Å²) in [6, 6.07) is 0. The van der Waals surface area contributed by atoms with E-state index in [1.807, 2.05) is 4.68 Å². The van der Waals surface area contributed by atoms with Gasteiger partial charge in [0.1, 0.15) is 17.9 Å². The summed E-state index contributed by atoms with van der Waals surface area (Å²) in [4.78, 5) is 15.5. The first kappa shape index (κ1) is 12.0. The smallest absolute Gasteiger partial charge is 0.138 e. The number of Topliss-reactive ketones (excluding diaryl/α,β-unsaturated/α-hetero) is 1. The third-order valence-electron chi connectivity index (χ3n) is 2.96. The third kappa shape index (κ3) is 3.25. The molecule has 0 N–H and O–H groups in total. The van der Waals surface area contributed by atoms with Gasteiger partial charge in [-0.2, -0.15) is 5.10 Å². The van der Waals surface area contributed by atoms with Gasteiger partial charge in [-0.25, -0.2) is 9.67 Å². The second-order valence-electron chi connectivity index (χ2n) is 5.03. The highest BCUT2D eigenvalue weighted by Crippen LogP contribution is 2.18. The first-order valence-corrected chi connectivity index (χ1v) is 6.21. The maximum Gasteiger partial charge on any atom is 0.138 e. The molecule has 0 aliphatic heterocycles. The molecule has 1 aromatic rings. The van der Waals surface area contributed by atoms with Crippen LogP contribution in [-0.2, 0) is 17.8 Å². The van der Waals surface area contributed by atoms with Gasteiger partial charge in [-0.1, -0.05) is 25.5 Å². The van der Waals surface area contributed by atoms with E-state index < -0.39 is 0 Å². The fourth-order valence-electron chi connectivity index (χ4n) is 2.05. The van der Waals surface area contributed by atoms with Crippen LogP contribution in [0.25, 0.3) is 0 Å². The summed E-state index contributed by atoms with van der Waals surface area (Å²) < 4.78 is 1.97. The number of rotatable bonds is 4. The largest absolute Gasteiger partial charge is 0.299 e. The number of allylic oxidation sites excluding steroid dienone is 2. The summed E-state index contributed by atoms with van der Waals surface area (Å²) in [7, 11) is 0. The number of hydrogen-bond donors (Lipinski definition) is 0. The standard InChI is InChI=1S/C13H19N3O/c1-10(2)8-16-13(14-9-15-16)7-11-3-5-12(17)6-4-11/h3,9-10H,4-8H2,1-2H3. The fraction of sp³-hybridized carbons (Fsp3) is 0.615. The minimum atomic E-state index is 0.345. The van der Waals surface area contributed by atoms with Gasteiger partial charge in [0.25, 0.3) is 0 Å². The number of aromatic nitrogens is 3. The lowest BCUT2D eigenvalue weighted by Crippen LogP contribution is -2.12. The van der Waals surface area contributed by atoms with E-state index in [1.54, 1.807) is 6.33 Å². The van der Waals surface area contributed by atoms with E-state index in [2.05, 4.69) is 30.0 Å². The molecule has 0 unspecified atom stereocenters. The van der Waals surface area contributed by atoms with Crippen molar-refractivity contribution in [1.82, 2.24) is 14.8 Å². The van der Waals surface area contributed by atoms with Crippen molar-refractivity contribution in [2.75, 3.05) is 0 Å². The molecule has 0 aromatic carbocycles. The van der Waals surface area contributed by atoms with Gasteiger partial charge >= 0.3 is 0 Å². The molecule has 4 heteroatoms. The molecule has 0 bridgehead atoms. The highest BCUT2D eigenvalue weighted by Gasteiger charge is 2.13. The van der Waals surface area contributed by atoms with Crippen LogP contribution in [0.5, 0.6) is 0 Å². The van der Waals surface area contributed by atoms with Gasteiger partial charge in [0.15, 0.2) is 0 Å². The van der Waals surface area contributed by atoms with E-state index in [4.69, 9.17) is 0 Å². The molecule has 1 heterocycles. The van der Waals surface area contributed by atoms with Crippen LogP contribution in [0.4, 0.5) is 0 Å². The van der Waals surface area contributed by atoms with Crippen molar-refractivity contribution in [3.05, 3.63) is 23.8 Å². The molecular formula is C13H19N3O. The molecule has 0 saturated heterocycles. The molecule has 1 aliphatic rings. The number of carbonyl (C=O) groups is 1. The topological polar surface area (TPSA) is 47.8 Å². The number of carbonyl (C=O) groups excluding carboxylic acids is 1. The Morgan fingerprint density at radius 1 is 1.41 bits per heavy atom. The van der Waals surface area contributed by atoms with Crippen molar-refractivity contribution in [3.63, 3.8) is 0 Å². The van der Waals surface area contributed by atoms with Crippen LogP contribution in [0.1, 0.15) is 38.9 Å². The molecule has 1 aromatic heterocycles. The van der Waals surface area contributed by atoms with Crippen molar-refractivity contribution in [2.45, 2.75) is 46.1 Å². The predicted molar refractivity (Wildman–Crippen MR) is 65.5 cm³/mol. The quantitative estimate of drug-likeness (QED) is 0.749. The van der Waals surface area contributed by atoms with Gasteiger partial charge in [-0.05, 0) is 12.3 Å². The van der Waals surface area contributed by atoms with Gasteiger partial charge in [0.05, 0.1) is 0 Å². The summed E-state index contributed by atoms with van der Waals surface area (Å²) >= 11 is 0. The number of ketones is 1. The van der Waals surface area contributed by atoms with E-state index >= 15 is 0 Å². The van der Waals surface area contributed by atoms with Crippen LogP contribution in [0.2, 0.25) is 0 Å². The zero-order valence-corrected chi connectivity index (χ0v) is 10.5. The van der Waals surface area contributed by atoms with Gasteiger partial charge in [0.2, 0.25) is 0 Å². The monoisotopic (exact) mass is 233 g/mol. The summed E-state index contributed by atoms with van der Waals surface area (Å²) in [5.74, 6) is 1.93. The molecule has 0 fully saturated rings. The van der Waals surface area contributed by atoms with Crippen LogP contribution in [0.15, 0.2) is 18.0 Å². The SMILES string of the molecule is CC(C)Cn1ncnc1CC1=CCC(=O)CC1. The van der Waals surface area contributed by atoms with Gasteiger partial charge < -0.3 is 0 Å². The molecule has 0 saturated carbocycles. The second-order valence-corrected chi connectivity index (χ2v) is 5.03. The highest BCUT2D eigenvalue weighted by atomic mass is 16.1. The average Bonchev–Trinajstić information content (AvgIpc) is 2.68. The fourth-order valence-corrected chi connectivity index (χ4v) is 2.05. The maximum atomic E-state index is 11.1. The first-order chi connectivity index (χ1) is 8.15. The lowest BCUT2D eigenvalue weighted by molar-refractivity contribution is -0.118. The molecule has 0 amide bonds. The van der Waals surface area contributed by atoms with Crippen molar-refractivity contribution in [3.8, 4) is 0 Å². The Balaban J connectivity index is 2.03. The van der Waals surface area contributed by atoms with Crippen LogP contribution in [0, 0.1) is 5.92 Å². The molecule has 1 aliphatic carbocycles. The van der Waals surface area contributed by atoms with Crippen molar-refractivity contribution in [1.29, 1.82) is 0 Å². The Kier molecular flexibility index (Phi) is 3.71. The molecule has 0 spiro atoms. The molecule has 0 atom stereocenters. The lowest BCUT2D eigenvalue weighted by atomic mass is 9.96. The predicted octanol–water partition coefficient (Wildman–Crippen LogP) is 2.16. The first-order valence-electron chi connectivity index (χ1n) is 6.21. The minimum absolute atomic E-state index is 0.345. The summed E-state index contributed by atoms with van der Waals surface area (Å²) in [6.45, 7) is 5.25. The Hall–Kier alpha value is -1.45. The van der Waals surface area contributed by atoms with Gasteiger partial charge in [-0.3, -0.25) is 4.79 Å². The highest BCUT2D eigenvalue weighted by molar-refractivity contribution is 5.81. The summed E-state index contributed by atoms with van der Waals surface area (Å²) in [6.07, 6.45) is 6.66. The van der Waals surface area contributed by atoms with Crippen LogP contribution < -0.4 is 0 Å². The van der Waals surface area contributed by atoms with Crippen LogP contribution in [0.3, 0.4) is 0 Å². The zero-order chi connectivity index (χ0) is 12.3. The summed E-state index contributed by atoms with van der Waals surface area (Å²) in [5, 5.41) is 4.25. The molecule has 0 radical (unpaired) electrons. The van der Waals surface area contributed by atoms with Crippen molar-refractivity contribution in [2.24, 2.45) is 5.92 Å². The van der Waals surface area contributed by atoms with E-state index in [1.165, 1.54) is 5.57 Å². The van der Waals surface area contributed by atoms with E-state index in [9.17, 15) is 4.79 Å². The van der Waals surface area contributed by atoms with E-state index in [-0.39, 0.29) is 0 Å². The van der Waals surface area contributed by atoms with Gasteiger partial charge in [0, 0.05) is 25.8 Å². The molecule has 2 rings (SSSR count). The van der Waals surface area contributed by atoms with Gasteiger partial charge in [-0.15, -0.1) is 0 Å². The normalized spacial score (nSPS) is 16.4. The molecule has 17 heavy (non-hydrogen) atoms. The van der Waals surface area contributed by atoms with Crippen LogP contribution >= 0.6 is 0 Å². The lowest BCUT2D eigenvalue weighted by Gasteiger charge is -2.13. The number of hydrogen-bond acceptors (Lipinski definition) is 3. The Labute approximate surface area is 102 Å². The van der Waals surface area contributed by atoms with E-state index in [0.717, 1.165) is 25.2 Å². The molecule has 4 nitrogen and oxygen atoms in total. The zero-order valence-electron chi connectivity index (χ0n) is 10.5. The Morgan fingerprint density at radius 2 is 2.24 bits per heavy atom. The van der Waals surface area contributed by atoms with Crippen molar-refractivity contribution < 1.29 is 4.79 Å². The maximum absolute atomic E-state index is 11.1. The Bertz CT molecular complexity index is 432. The average molecular weight is 233 g/mol.